The second-order valence-corrected chi connectivity index (χ2v) is 8.16. The van der Waals surface area contributed by atoms with Crippen molar-refractivity contribution < 1.29 is 4.74 Å². The Morgan fingerprint density at radius 2 is 2.00 bits per heavy atom. The maximum absolute atomic E-state index is 5.66. The summed E-state index contributed by atoms with van der Waals surface area (Å²) in [4.78, 5) is 2.70. The average Bonchev–Trinajstić information content (AvgIpc) is 2.47. The van der Waals surface area contributed by atoms with Gasteiger partial charge in [-0.1, -0.05) is 27.7 Å². The molecule has 1 aliphatic heterocycles. The molecule has 2 rings (SSSR count). The van der Waals surface area contributed by atoms with Gasteiger partial charge in [-0.3, -0.25) is 4.90 Å². The van der Waals surface area contributed by atoms with Gasteiger partial charge in [0.1, 0.15) is 0 Å². The summed E-state index contributed by atoms with van der Waals surface area (Å²) in [6.45, 7) is 13.7. The summed E-state index contributed by atoms with van der Waals surface area (Å²) in [7, 11) is 2.14. The second-order valence-electron chi connectivity index (χ2n) is 8.16. The number of nitrogens with one attached hydrogen (secondary N) is 1. The van der Waals surface area contributed by atoms with Crippen LogP contribution in [0.1, 0.15) is 53.4 Å². The summed E-state index contributed by atoms with van der Waals surface area (Å²) in [5.74, 6) is 1.66. The van der Waals surface area contributed by atoms with Gasteiger partial charge in [-0.05, 0) is 50.0 Å². The first-order chi connectivity index (χ1) is 9.95. The van der Waals surface area contributed by atoms with Crippen molar-refractivity contribution in [1.82, 2.24) is 10.2 Å². The van der Waals surface area contributed by atoms with Gasteiger partial charge < -0.3 is 10.1 Å². The minimum Gasteiger partial charge on any atom is -0.378 e. The molecule has 124 valence electrons. The number of ether oxygens (including phenoxy) is 1. The van der Waals surface area contributed by atoms with Crippen LogP contribution in [0.2, 0.25) is 0 Å². The number of nitrogens with zero attached hydrogens (tertiary/aromatic N) is 1. The van der Waals surface area contributed by atoms with E-state index in [1.807, 2.05) is 0 Å². The standard InChI is InChI=1S/C18H36N2O/c1-6-16-13-21-10-9-20(16)12-14-11-15(18(2,3)4)7-8-17(14)19-5/h14-17,19H,6-13H2,1-5H3. The molecule has 4 unspecified atom stereocenters. The van der Waals surface area contributed by atoms with Crippen molar-refractivity contribution in [2.45, 2.75) is 65.5 Å². The Morgan fingerprint density at radius 1 is 1.24 bits per heavy atom. The zero-order valence-corrected chi connectivity index (χ0v) is 14.8. The largest absolute Gasteiger partial charge is 0.378 e. The number of morpholine rings is 1. The van der Waals surface area contributed by atoms with E-state index in [2.05, 4.69) is 45.0 Å². The van der Waals surface area contributed by atoms with E-state index < -0.39 is 0 Å². The molecule has 4 atom stereocenters. The molecule has 0 aromatic rings. The lowest BCUT2D eigenvalue weighted by atomic mass is 9.67. The third-order valence-electron chi connectivity index (χ3n) is 5.87. The topological polar surface area (TPSA) is 24.5 Å². The van der Waals surface area contributed by atoms with Gasteiger partial charge in [0.15, 0.2) is 0 Å². The molecule has 2 fully saturated rings. The monoisotopic (exact) mass is 296 g/mol. The molecule has 1 saturated heterocycles. The average molecular weight is 296 g/mol. The molecule has 1 N–H and O–H groups in total. The third kappa shape index (κ3) is 4.43. The lowest BCUT2D eigenvalue weighted by Gasteiger charge is -2.45. The SMILES string of the molecule is CCC1COCCN1CC1CC(C(C)(C)C)CCC1NC. The van der Waals surface area contributed by atoms with Crippen LogP contribution < -0.4 is 5.32 Å². The smallest absolute Gasteiger partial charge is 0.0622 e. The Bertz CT molecular complexity index is 313. The minimum absolute atomic E-state index is 0.451. The summed E-state index contributed by atoms with van der Waals surface area (Å²) in [6.07, 6.45) is 5.30. The first-order valence-electron chi connectivity index (χ1n) is 8.94. The van der Waals surface area contributed by atoms with Gasteiger partial charge in [-0.25, -0.2) is 0 Å². The van der Waals surface area contributed by atoms with E-state index in [1.165, 1.54) is 32.2 Å². The highest BCUT2D eigenvalue weighted by Gasteiger charge is 2.37. The molecular weight excluding hydrogens is 260 g/mol. The van der Waals surface area contributed by atoms with Crippen LogP contribution in [0.25, 0.3) is 0 Å². The normalized spacial score (nSPS) is 35.9. The predicted molar refractivity (Wildman–Crippen MR) is 89.6 cm³/mol. The summed E-state index contributed by atoms with van der Waals surface area (Å²) < 4.78 is 5.66. The van der Waals surface area contributed by atoms with Gasteiger partial charge in [-0.2, -0.15) is 0 Å². The van der Waals surface area contributed by atoms with E-state index in [4.69, 9.17) is 4.74 Å². The molecule has 1 heterocycles. The molecule has 2 aliphatic rings. The van der Waals surface area contributed by atoms with E-state index in [9.17, 15) is 0 Å². The van der Waals surface area contributed by atoms with Crippen LogP contribution in [0.15, 0.2) is 0 Å². The van der Waals surface area contributed by atoms with Gasteiger partial charge in [0.25, 0.3) is 0 Å². The van der Waals surface area contributed by atoms with Crippen LogP contribution in [0.5, 0.6) is 0 Å². The molecule has 1 saturated carbocycles. The number of rotatable bonds is 4. The Kier molecular flexibility index (Phi) is 6.10. The van der Waals surface area contributed by atoms with Crippen LogP contribution in [-0.4, -0.2) is 50.3 Å². The van der Waals surface area contributed by atoms with E-state index in [0.717, 1.165) is 31.6 Å². The van der Waals surface area contributed by atoms with Crippen LogP contribution in [-0.2, 0) is 4.74 Å². The lowest BCUT2D eigenvalue weighted by molar-refractivity contribution is -0.0252. The molecule has 0 spiro atoms. The summed E-state index contributed by atoms with van der Waals surface area (Å²) >= 11 is 0. The van der Waals surface area contributed by atoms with Crippen molar-refractivity contribution in [3.63, 3.8) is 0 Å². The van der Waals surface area contributed by atoms with Crippen LogP contribution in [0.4, 0.5) is 0 Å². The first kappa shape index (κ1) is 17.2. The van der Waals surface area contributed by atoms with Crippen molar-refractivity contribution >= 4 is 0 Å². The molecule has 0 aromatic carbocycles. The van der Waals surface area contributed by atoms with Crippen molar-refractivity contribution in [2.75, 3.05) is 33.4 Å². The highest BCUT2D eigenvalue weighted by Crippen LogP contribution is 2.40. The van der Waals surface area contributed by atoms with Crippen molar-refractivity contribution in [1.29, 1.82) is 0 Å². The Morgan fingerprint density at radius 3 is 2.62 bits per heavy atom. The molecule has 21 heavy (non-hydrogen) atoms. The van der Waals surface area contributed by atoms with Crippen molar-refractivity contribution in [3.05, 3.63) is 0 Å². The zero-order chi connectivity index (χ0) is 15.5. The van der Waals surface area contributed by atoms with E-state index in [1.54, 1.807) is 0 Å². The maximum atomic E-state index is 5.66. The van der Waals surface area contributed by atoms with Crippen LogP contribution >= 0.6 is 0 Å². The van der Waals surface area contributed by atoms with Gasteiger partial charge in [0.2, 0.25) is 0 Å². The quantitative estimate of drug-likeness (QED) is 0.862. The van der Waals surface area contributed by atoms with Crippen LogP contribution in [0.3, 0.4) is 0 Å². The van der Waals surface area contributed by atoms with Crippen molar-refractivity contribution in [3.8, 4) is 0 Å². The molecule has 3 nitrogen and oxygen atoms in total. The van der Waals surface area contributed by atoms with Gasteiger partial charge in [-0.15, -0.1) is 0 Å². The number of hydrogen-bond donors (Lipinski definition) is 1. The fourth-order valence-corrected chi connectivity index (χ4v) is 4.24. The lowest BCUT2D eigenvalue weighted by Crippen LogP contribution is -2.52. The predicted octanol–water partition coefficient (Wildman–Crippen LogP) is 3.15. The first-order valence-corrected chi connectivity index (χ1v) is 8.94. The van der Waals surface area contributed by atoms with E-state index in [0.29, 0.717) is 17.5 Å². The second kappa shape index (κ2) is 7.43. The highest BCUT2D eigenvalue weighted by molar-refractivity contribution is 4.91. The van der Waals surface area contributed by atoms with E-state index >= 15 is 0 Å². The van der Waals surface area contributed by atoms with Gasteiger partial charge >= 0.3 is 0 Å². The molecule has 3 heteroatoms. The molecule has 0 aromatic heterocycles. The molecule has 0 bridgehead atoms. The Balaban J connectivity index is 1.99. The van der Waals surface area contributed by atoms with Gasteiger partial charge in [0.05, 0.1) is 13.2 Å². The summed E-state index contributed by atoms with van der Waals surface area (Å²) in [5, 5.41) is 3.59. The Hall–Kier alpha value is -0.120. The minimum atomic E-state index is 0.451. The molecule has 1 aliphatic carbocycles. The third-order valence-corrected chi connectivity index (χ3v) is 5.87. The zero-order valence-electron chi connectivity index (χ0n) is 14.8. The van der Waals surface area contributed by atoms with Gasteiger partial charge in [0, 0.05) is 25.2 Å². The summed E-state index contributed by atoms with van der Waals surface area (Å²) in [6, 6.07) is 1.33. The molecule has 0 radical (unpaired) electrons. The van der Waals surface area contributed by atoms with E-state index in [-0.39, 0.29) is 0 Å². The number of hydrogen-bond acceptors (Lipinski definition) is 3. The fourth-order valence-electron chi connectivity index (χ4n) is 4.24. The molecular formula is C18H36N2O. The van der Waals surface area contributed by atoms with Crippen molar-refractivity contribution in [2.24, 2.45) is 17.3 Å². The molecule has 0 amide bonds. The Labute approximate surface area is 131 Å². The fraction of sp³-hybridized carbons (Fsp3) is 1.00. The van der Waals surface area contributed by atoms with Crippen LogP contribution in [0, 0.1) is 17.3 Å². The highest BCUT2D eigenvalue weighted by atomic mass is 16.5. The maximum Gasteiger partial charge on any atom is 0.0622 e. The summed E-state index contributed by atoms with van der Waals surface area (Å²) in [5.41, 5.74) is 0.451.